The fraction of sp³-hybridized carbons (Fsp3) is 0.125. The van der Waals surface area contributed by atoms with E-state index in [9.17, 15) is 14.0 Å². The van der Waals surface area contributed by atoms with Gasteiger partial charge in [-0.3, -0.25) is 14.5 Å². The minimum Gasteiger partial charge on any atom is -0.396 e. The van der Waals surface area contributed by atoms with Crippen molar-refractivity contribution in [2.75, 3.05) is 5.73 Å². The average Bonchev–Trinajstić information content (AvgIpc) is 2.47. The Morgan fingerprint density at radius 2 is 1.90 bits per heavy atom. The zero-order valence-corrected chi connectivity index (χ0v) is 11.2. The van der Waals surface area contributed by atoms with Crippen LogP contribution >= 0.6 is 0 Å². The zero-order valence-electron chi connectivity index (χ0n) is 11.2. The standard InChI is InChI=1S/C16H13FN2O2/c17-13-7-10(5-6-14(13)18)9-19-15(20)8-11-3-1-2-4-12(11)16(19)21/h1-7H,8-9,18H2. The summed E-state index contributed by atoms with van der Waals surface area (Å²) in [5.74, 6) is -1.18. The molecule has 0 saturated carbocycles. The maximum Gasteiger partial charge on any atom is 0.261 e. The Labute approximate surface area is 121 Å². The summed E-state index contributed by atoms with van der Waals surface area (Å²) in [6.45, 7) is 0.0448. The lowest BCUT2D eigenvalue weighted by atomic mass is 9.98. The summed E-state index contributed by atoms with van der Waals surface area (Å²) in [6.07, 6.45) is 0.180. The molecule has 3 rings (SSSR count). The SMILES string of the molecule is Nc1ccc(CN2C(=O)Cc3ccccc3C2=O)cc1F. The van der Waals surface area contributed by atoms with Gasteiger partial charge in [0.25, 0.3) is 5.91 Å². The van der Waals surface area contributed by atoms with E-state index in [2.05, 4.69) is 0 Å². The Balaban J connectivity index is 1.91. The van der Waals surface area contributed by atoms with E-state index in [0.29, 0.717) is 11.1 Å². The van der Waals surface area contributed by atoms with Gasteiger partial charge in [-0.2, -0.15) is 0 Å². The van der Waals surface area contributed by atoms with Crippen molar-refractivity contribution in [1.29, 1.82) is 0 Å². The third-order valence-electron chi connectivity index (χ3n) is 3.54. The number of amides is 2. The number of hydrogen-bond acceptors (Lipinski definition) is 3. The summed E-state index contributed by atoms with van der Waals surface area (Å²) in [7, 11) is 0. The van der Waals surface area contributed by atoms with Crippen molar-refractivity contribution < 1.29 is 14.0 Å². The molecule has 0 aliphatic carbocycles. The number of carbonyl (C=O) groups is 2. The molecule has 1 aliphatic heterocycles. The predicted molar refractivity (Wildman–Crippen MR) is 75.8 cm³/mol. The molecule has 5 heteroatoms. The molecule has 2 amide bonds. The summed E-state index contributed by atoms with van der Waals surface area (Å²) in [5, 5.41) is 0. The lowest BCUT2D eigenvalue weighted by Gasteiger charge is -2.26. The fourth-order valence-electron chi connectivity index (χ4n) is 2.41. The van der Waals surface area contributed by atoms with Crippen LogP contribution in [0, 0.1) is 5.82 Å². The number of carbonyl (C=O) groups excluding carboxylic acids is 2. The quantitative estimate of drug-likeness (QED) is 0.678. The van der Waals surface area contributed by atoms with Gasteiger partial charge >= 0.3 is 0 Å². The number of nitrogen functional groups attached to an aromatic ring is 1. The number of rotatable bonds is 2. The lowest BCUT2D eigenvalue weighted by Crippen LogP contribution is -2.41. The van der Waals surface area contributed by atoms with E-state index in [1.165, 1.54) is 12.1 Å². The van der Waals surface area contributed by atoms with Gasteiger partial charge in [-0.15, -0.1) is 0 Å². The van der Waals surface area contributed by atoms with Crippen LogP contribution in [-0.2, 0) is 17.8 Å². The van der Waals surface area contributed by atoms with Gasteiger partial charge in [-0.05, 0) is 29.3 Å². The van der Waals surface area contributed by atoms with E-state index >= 15 is 0 Å². The van der Waals surface area contributed by atoms with Crippen LogP contribution in [0.2, 0.25) is 0 Å². The van der Waals surface area contributed by atoms with Crippen molar-refractivity contribution in [1.82, 2.24) is 4.90 Å². The van der Waals surface area contributed by atoms with Gasteiger partial charge in [-0.1, -0.05) is 24.3 Å². The largest absolute Gasteiger partial charge is 0.396 e. The van der Waals surface area contributed by atoms with Crippen molar-refractivity contribution in [2.24, 2.45) is 0 Å². The van der Waals surface area contributed by atoms with Crippen LogP contribution in [0.15, 0.2) is 42.5 Å². The second-order valence-corrected chi connectivity index (χ2v) is 4.97. The smallest absolute Gasteiger partial charge is 0.261 e. The van der Waals surface area contributed by atoms with Crippen LogP contribution in [0.3, 0.4) is 0 Å². The van der Waals surface area contributed by atoms with Crippen molar-refractivity contribution in [3.63, 3.8) is 0 Å². The maximum atomic E-state index is 13.5. The Kier molecular flexibility index (Phi) is 3.17. The highest BCUT2D eigenvalue weighted by Crippen LogP contribution is 2.22. The molecule has 0 atom stereocenters. The summed E-state index contributed by atoms with van der Waals surface area (Å²) >= 11 is 0. The van der Waals surface area contributed by atoms with Crippen LogP contribution in [0.25, 0.3) is 0 Å². The van der Waals surface area contributed by atoms with Crippen molar-refractivity contribution in [3.05, 3.63) is 65.0 Å². The molecule has 2 N–H and O–H groups in total. The number of nitrogens with two attached hydrogens (primary N) is 1. The molecule has 0 unspecified atom stereocenters. The Morgan fingerprint density at radius 3 is 2.67 bits per heavy atom. The first-order valence-electron chi connectivity index (χ1n) is 6.53. The van der Waals surface area contributed by atoms with Crippen LogP contribution in [-0.4, -0.2) is 16.7 Å². The average molecular weight is 284 g/mol. The number of fused-ring (bicyclic) bond motifs is 1. The predicted octanol–water partition coefficient (Wildman–Crippen LogP) is 2.13. The van der Waals surface area contributed by atoms with Gasteiger partial charge in [0.05, 0.1) is 18.7 Å². The van der Waals surface area contributed by atoms with E-state index in [0.717, 1.165) is 10.5 Å². The minimum atomic E-state index is -0.551. The van der Waals surface area contributed by atoms with Crippen LogP contribution in [0.1, 0.15) is 21.5 Å². The van der Waals surface area contributed by atoms with Crippen LogP contribution in [0.4, 0.5) is 10.1 Å². The highest BCUT2D eigenvalue weighted by Gasteiger charge is 2.30. The molecule has 0 saturated heterocycles. The summed E-state index contributed by atoms with van der Waals surface area (Å²) in [5.41, 5.74) is 7.24. The number of nitrogens with zero attached hydrogens (tertiary/aromatic N) is 1. The first-order chi connectivity index (χ1) is 10.1. The summed E-state index contributed by atoms with van der Waals surface area (Å²) in [4.78, 5) is 25.6. The minimum absolute atomic E-state index is 0.0420. The lowest BCUT2D eigenvalue weighted by molar-refractivity contribution is -0.128. The molecule has 21 heavy (non-hydrogen) atoms. The van der Waals surface area contributed by atoms with E-state index in [1.54, 1.807) is 30.3 Å². The van der Waals surface area contributed by atoms with E-state index in [-0.39, 0.29) is 30.5 Å². The number of halogens is 1. The Bertz CT molecular complexity index is 743. The van der Waals surface area contributed by atoms with E-state index < -0.39 is 5.82 Å². The van der Waals surface area contributed by atoms with E-state index in [4.69, 9.17) is 5.73 Å². The van der Waals surface area contributed by atoms with Gasteiger partial charge in [0.1, 0.15) is 5.82 Å². The molecule has 4 nitrogen and oxygen atoms in total. The van der Waals surface area contributed by atoms with E-state index in [1.807, 2.05) is 0 Å². The highest BCUT2D eigenvalue weighted by atomic mass is 19.1. The zero-order chi connectivity index (χ0) is 15.0. The molecular formula is C16H13FN2O2. The summed E-state index contributed by atoms with van der Waals surface area (Å²) in [6, 6.07) is 11.3. The molecule has 0 bridgehead atoms. The fourth-order valence-corrected chi connectivity index (χ4v) is 2.41. The van der Waals surface area contributed by atoms with Crippen LogP contribution < -0.4 is 5.73 Å². The maximum absolute atomic E-state index is 13.5. The normalized spacial score (nSPS) is 14.2. The van der Waals surface area contributed by atoms with Gasteiger partial charge in [0, 0.05) is 5.56 Å². The first kappa shape index (κ1) is 13.3. The molecule has 0 radical (unpaired) electrons. The third-order valence-corrected chi connectivity index (χ3v) is 3.54. The molecule has 2 aromatic carbocycles. The monoisotopic (exact) mass is 284 g/mol. The Hall–Kier alpha value is -2.69. The molecule has 1 aliphatic rings. The van der Waals surface area contributed by atoms with Gasteiger partial charge in [0.15, 0.2) is 0 Å². The Morgan fingerprint density at radius 1 is 1.14 bits per heavy atom. The van der Waals surface area contributed by atoms with Gasteiger partial charge < -0.3 is 5.73 Å². The summed E-state index contributed by atoms with van der Waals surface area (Å²) < 4.78 is 13.5. The topological polar surface area (TPSA) is 63.4 Å². The molecule has 0 fully saturated rings. The van der Waals surface area contributed by atoms with Crippen molar-refractivity contribution in [2.45, 2.75) is 13.0 Å². The van der Waals surface area contributed by atoms with Crippen molar-refractivity contribution >= 4 is 17.5 Å². The first-order valence-corrected chi connectivity index (χ1v) is 6.53. The number of imide groups is 1. The molecule has 0 spiro atoms. The number of benzene rings is 2. The molecular weight excluding hydrogens is 271 g/mol. The molecule has 2 aromatic rings. The molecule has 106 valence electrons. The van der Waals surface area contributed by atoms with Crippen LogP contribution in [0.5, 0.6) is 0 Å². The molecule has 0 aromatic heterocycles. The third kappa shape index (κ3) is 2.38. The van der Waals surface area contributed by atoms with Crippen molar-refractivity contribution in [3.8, 4) is 0 Å². The number of hydrogen-bond donors (Lipinski definition) is 1. The number of anilines is 1. The second kappa shape index (κ2) is 5.01. The highest BCUT2D eigenvalue weighted by molar-refractivity contribution is 6.09. The van der Waals surface area contributed by atoms with Gasteiger partial charge in [-0.25, -0.2) is 4.39 Å². The second-order valence-electron chi connectivity index (χ2n) is 4.97. The van der Waals surface area contributed by atoms with Gasteiger partial charge in [0.2, 0.25) is 5.91 Å². The molecule has 1 heterocycles.